The summed E-state index contributed by atoms with van der Waals surface area (Å²) in [5.74, 6) is 0.632. The molecule has 0 saturated carbocycles. The van der Waals surface area contributed by atoms with Crippen LogP contribution in [0.25, 0.3) is 6.08 Å². The Morgan fingerprint density at radius 1 is 1.11 bits per heavy atom. The van der Waals surface area contributed by atoms with Gasteiger partial charge in [0.2, 0.25) is 0 Å². The summed E-state index contributed by atoms with van der Waals surface area (Å²) in [4.78, 5) is 16.5. The van der Waals surface area contributed by atoms with E-state index in [9.17, 15) is 18.0 Å². The summed E-state index contributed by atoms with van der Waals surface area (Å²) in [5.41, 5.74) is -0.509. The van der Waals surface area contributed by atoms with Crippen molar-refractivity contribution in [2.75, 3.05) is 14.2 Å². The van der Waals surface area contributed by atoms with Gasteiger partial charge in [-0.05, 0) is 42.1 Å². The van der Waals surface area contributed by atoms with E-state index in [1.807, 2.05) is 0 Å². The number of nitrogens with zero attached hydrogens (tertiary/aromatic N) is 1. The number of aliphatic imine (C=N–C) groups is 1. The van der Waals surface area contributed by atoms with Gasteiger partial charge in [-0.1, -0.05) is 12.1 Å². The average molecular weight is 408 g/mol. The number of halogens is 3. The van der Waals surface area contributed by atoms with Crippen molar-refractivity contribution in [2.45, 2.75) is 6.18 Å². The molecule has 1 aliphatic heterocycles. The number of rotatable bonds is 4. The van der Waals surface area contributed by atoms with Gasteiger partial charge in [-0.3, -0.25) is 4.79 Å². The second-order valence-electron chi connectivity index (χ2n) is 5.60. The largest absolute Gasteiger partial charge is 0.497 e. The monoisotopic (exact) mass is 408 g/mol. The van der Waals surface area contributed by atoms with Crippen LogP contribution in [-0.2, 0) is 11.0 Å². The summed E-state index contributed by atoms with van der Waals surface area (Å²) in [6.07, 6.45) is -2.96. The number of hydrogen-bond acceptors (Lipinski definition) is 5. The van der Waals surface area contributed by atoms with Gasteiger partial charge >= 0.3 is 6.18 Å². The summed E-state index contributed by atoms with van der Waals surface area (Å²) in [6, 6.07) is 10.0. The van der Waals surface area contributed by atoms with E-state index < -0.39 is 17.6 Å². The number of hydrogen-bond donors (Lipinski definition) is 1. The third kappa shape index (κ3) is 4.30. The standard InChI is InChI=1S/C19H15F3N2O3S/c1-26-12-8-7-11(15(10-12)27-2)9-16-17(25)24-18(28-16)23-14-6-4-3-5-13(14)19(20,21)22/h3-10H,1-2H3,(H,23,24,25)/b16-9+. The molecule has 0 bridgehead atoms. The van der Waals surface area contributed by atoms with Gasteiger partial charge in [-0.15, -0.1) is 0 Å². The van der Waals surface area contributed by atoms with Crippen molar-refractivity contribution in [3.8, 4) is 11.5 Å². The third-order valence-electron chi connectivity index (χ3n) is 3.81. The first-order valence-electron chi connectivity index (χ1n) is 7.99. The Kier molecular flexibility index (Phi) is 5.64. The summed E-state index contributed by atoms with van der Waals surface area (Å²) in [5, 5.41) is 2.55. The molecule has 0 aliphatic carbocycles. The molecule has 1 amide bonds. The summed E-state index contributed by atoms with van der Waals surface area (Å²) >= 11 is 0.953. The molecule has 146 valence electrons. The summed E-state index contributed by atoms with van der Waals surface area (Å²) in [6.45, 7) is 0. The minimum Gasteiger partial charge on any atom is -0.497 e. The molecule has 1 saturated heterocycles. The molecule has 5 nitrogen and oxygen atoms in total. The second kappa shape index (κ2) is 7.97. The Balaban J connectivity index is 1.91. The predicted molar refractivity (Wildman–Crippen MR) is 102 cm³/mol. The van der Waals surface area contributed by atoms with Gasteiger partial charge in [0.05, 0.1) is 30.4 Å². The van der Waals surface area contributed by atoms with Crippen molar-refractivity contribution in [1.29, 1.82) is 0 Å². The van der Waals surface area contributed by atoms with Crippen molar-refractivity contribution < 1.29 is 27.4 Å². The zero-order valence-electron chi connectivity index (χ0n) is 14.8. The van der Waals surface area contributed by atoms with Crippen molar-refractivity contribution in [3.63, 3.8) is 0 Å². The van der Waals surface area contributed by atoms with Gasteiger partial charge < -0.3 is 14.8 Å². The topological polar surface area (TPSA) is 59.9 Å². The fourth-order valence-corrected chi connectivity index (χ4v) is 3.31. The van der Waals surface area contributed by atoms with Gasteiger partial charge in [0.25, 0.3) is 5.91 Å². The number of para-hydroxylation sites is 1. The molecule has 0 aromatic heterocycles. The van der Waals surface area contributed by atoms with Gasteiger partial charge in [-0.2, -0.15) is 13.2 Å². The van der Waals surface area contributed by atoms with E-state index in [0.717, 1.165) is 17.8 Å². The fourth-order valence-electron chi connectivity index (χ4n) is 2.48. The van der Waals surface area contributed by atoms with Crippen LogP contribution in [0.3, 0.4) is 0 Å². The molecule has 0 radical (unpaired) electrons. The van der Waals surface area contributed by atoms with Crippen LogP contribution in [0.4, 0.5) is 18.9 Å². The zero-order valence-corrected chi connectivity index (χ0v) is 15.6. The van der Waals surface area contributed by atoms with Crippen molar-refractivity contribution >= 4 is 34.6 Å². The van der Waals surface area contributed by atoms with Gasteiger partial charge in [-0.25, -0.2) is 4.99 Å². The van der Waals surface area contributed by atoms with Crippen LogP contribution >= 0.6 is 11.8 Å². The van der Waals surface area contributed by atoms with Gasteiger partial charge in [0.15, 0.2) is 5.17 Å². The predicted octanol–water partition coefficient (Wildman–Crippen LogP) is 4.61. The molecular weight excluding hydrogens is 393 g/mol. The lowest BCUT2D eigenvalue weighted by Gasteiger charge is -2.09. The maximum Gasteiger partial charge on any atom is 0.418 e. The molecule has 28 heavy (non-hydrogen) atoms. The molecule has 2 aromatic rings. The summed E-state index contributed by atoms with van der Waals surface area (Å²) in [7, 11) is 3.01. The van der Waals surface area contributed by atoms with Crippen LogP contribution < -0.4 is 14.8 Å². The molecule has 0 spiro atoms. The minimum absolute atomic E-state index is 0.0698. The lowest BCUT2D eigenvalue weighted by Crippen LogP contribution is -2.19. The molecule has 9 heteroatoms. The van der Waals surface area contributed by atoms with E-state index in [1.165, 1.54) is 32.4 Å². The maximum atomic E-state index is 13.1. The molecule has 0 atom stereocenters. The van der Waals surface area contributed by atoms with Crippen LogP contribution in [-0.4, -0.2) is 25.3 Å². The SMILES string of the molecule is COc1ccc(/C=C2/SC(=Nc3ccccc3C(F)(F)F)NC2=O)c(OC)c1. The number of thioether (sulfide) groups is 1. The Morgan fingerprint density at radius 3 is 2.54 bits per heavy atom. The number of amidine groups is 1. The van der Waals surface area contributed by atoms with Crippen molar-refractivity contribution in [2.24, 2.45) is 4.99 Å². The van der Waals surface area contributed by atoms with E-state index in [4.69, 9.17) is 9.47 Å². The van der Waals surface area contributed by atoms with Crippen LogP contribution in [0.5, 0.6) is 11.5 Å². The number of ether oxygens (including phenoxy) is 2. The van der Waals surface area contributed by atoms with Crippen LogP contribution in [0.15, 0.2) is 52.4 Å². The molecule has 0 unspecified atom stereocenters. The number of amides is 1. The zero-order chi connectivity index (χ0) is 20.3. The van der Waals surface area contributed by atoms with Gasteiger partial charge in [0, 0.05) is 11.6 Å². The minimum atomic E-state index is -4.54. The molecule has 3 rings (SSSR count). The highest BCUT2D eigenvalue weighted by molar-refractivity contribution is 8.18. The van der Waals surface area contributed by atoms with Crippen LogP contribution in [0.2, 0.25) is 0 Å². The molecule has 1 heterocycles. The Morgan fingerprint density at radius 2 is 1.86 bits per heavy atom. The van der Waals surface area contributed by atoms with E-state index >= 15 is 0 Å². The summed E-state index contributed by atoms with van der Waals surface area (Å²) < 4.78 is 49.7. The number of carbonyl (C=O) groups excluding carboxylic acids is 1. The van der Waals surface area contributed by atoms with E-state index in [1.54, 1.807) is 24.3 Å². The number of methoxy groups -OCH3 is 2. The Bertz CT molecular complexity index is 971. The fraction of sp³-hybridized carbons (Fsp3) is 0.158. The molecule has 1 aliphatic rings. The lowest BCUT2D eigenvalue weighted by molar-refractivity contribution is -0.137. The number of alkyl halides is 3. The van der Waals surface area contributed by atoms with Crippen molar-refractivity contribution in [1.82, 2.24) is 5.32 Å². The molecular formula is C19H15F3N2O3S. The van der Waals surface area contributed by atoms with E-state index in [0.29, 0.717) is 17.1 Å². The smallest absolute Gasteiger partial charge is 0.418 e. The first-order chi connectivity index (χ1) is 13.3. The maximum absolute atomic E-state index is 13.1. The number of nitrogens with one attached hydrogen (secondary N) is 1. The third-order valence-corrected chi connectivity index (χ3v) is 4.72. The normalized spacial score (nSPS) is 17.1. The molecule has 2 aromatic carbocycles. The Hall–Kier alpha value is -2.94. The first kappa shape index (κ1) is 19.8. The number of carbonyl (C=O) groups is 1. The number of benzene rings is 2. The quantitative estimate of drug-likeness (QED) is 0.751. The lowest BCUT2D eigenvalue weighted by atomic mass is 10.1. The molecule has 1 N–H and O–H groups in total. The molecule has 1 fully saturated rings. The van der Waals surface area contributed by atoms with E-state index in [-0.39, 0.29) is 15.8 Å². The van der Waals surface area contributed by atoms with Crippen LogP contribution in [0.1, 0.15) is 11.1 Å². The second-order valence-corrected chi connectivity index (χ2v) is 6.64. The average Bonchev–Trinajstić information content (AvgIpc) is 3.00. The highest BCUT2D eigenvalue weighted by Gasteiger charge is 2.34. The highest BCUT2D eigenvalue weighted by atomic mass is 32.2. The first-order valence-corrected chi connectivity index (χ1v) is 8.81. The van der Waals surface area contributed by atoms with E-state index in [2.05, 4.69) is 10.3 Å². The Labute approximate surface area is 163 Å². The van der Waals surface area contributed by atoms with Crippen molar-refractivity contribution in [3.05, 3.63) is 58.5 Å². The highest BCUT2D eigenvalue weighted by Crippen LogP contribution is 2.38. The van der Waals surface area contributed by atoms with Gasteiger partial charge in [0.1, 0.15) is 11.5 Å². The van der Waals surface area contributed by atoms with Crippen LogP contribution in [0, 0.1) is 0 Å².